The van der Waals surface area contributed by atoms with E-state index < -0.39 is 0 Å². The summed E-state index contributed by atoms with van der Waals surface area (Å²) in [6.45, 7) is 0.393. The third-order valence-corrected chi connectivity index (χ3v) is 2.39. The summed E-state index contributed by atoms with van der Waals surface area (Å²) in [5.41, 5.74) is 12.9. The Labute approximate surface area is 110 Å². The van der Waals surface area contributed by atoms with Crippen LogP contribution in [0.4, 0.5) is 0 Å². The first-order valence-corrected chi connectivity index (χ1v) is 4.48. The number of rotatable bonds is 2. The van der Waals surface area contributed by atoms with Gasteiger partial charge < -0.3 is 4.98 Å². The number of aromatic nitrogens is 1. The van der Waals surface area contributed by atoms with Gasteiger partial charge in [0.1, 0.15) is 0 Å². The molecule has 2 rings (SSSR count). The van der Waals surface area contributed by atoms with E-state index in [0.29, 0.717) is 6.54 Å². The molecular weight excluding hydrogens is 273 g/mol. The molecule has 4 nitrogen and oxygen atoms in total. The minimum atomic E-state index is 0. The van der Waals surface area contributed by atoms with Gasteiger partial charge >= 0.3 is 0 Å². The zero-order valence-corrected chi connectivity index (χ0v) is 10.9. The Hall–Kier alpha value is -0.476. The van der Waals surface area contributed by atoms with Gasteiger partial charge in [0.15, 0.2) is 0 Å². The Morgan fingerprint density at radius 3 is 3.21 bits per heavy atom. The smallest absolute Gasteiger partial charge is 0.0500 e. The van der Waals surface area contributed by atoms with Gasteiger partial charge in [-0.05, 0) is 11.0 Å². The maximum Gasteiger partial charge on any atom is 0.0500 e. The number of hydrogen-bond donors (Lipinski definition) is 0. The second kappa shape index (κ2) is 5.42. The van der Waals surface area contributed by atoms with E-state index >= 15 is 0 Å². The number of benzene rings is 1. The fraction of sp³-hybridized carbons (Fsp3) is 0.125. The van der Waals surface area contributed by atoms with Crippen molar-refractivity contribution in [2.24, 2.45) is 5.11 Å². The maximum atomic E-state index is 8.14. The van der Waals surface area contributed by atoms with Crippen molar-refractivity contribution < 1.29 is 32.7 Å². The summed E-state index contributed by atoms with van der Waals surface area (Å²) in [7, 11) is 0. The Morgan fingerprint density at radius 2 is 2.43 bits per heavy atom. The van der Waals surface area contributed by atoms with E-state index in [-0.39, 0.29) is 32.7 Å². The number of fused-ring (bicyclic) bond motifs is 1. The third-order valence-electron chi connectivity index (χ3n) is 1.66. The molecule has 1 heterocycles. The van der Waals surface area contributed by atoms with E-state index in [0.717, 1.165) is 15.8 Å². The van der Waals surface area contributed by atoms with Crippen LogP contribution in [0, 0.1) is 5.51 Å². The fourth-order valence-electron chi connectivity index (χ4n) is 1.07. The number of nitrogens with zero attached hydrogens (tertiary/aromatic N) is 4. The molecule has 67 valence electrons. The quantitative estimate of drug-likeness (QED) is 0.360. The molecule has 0 amide bonds. The first-order chi connectivity index (χ1) is 6.40. The fourth-order valence-corrected chi connectivity index (χ4v) is 1.74. The SMILES string of the molecule is [N-]=[N+]=NCc1ccc2n[c-]sc2c1.[Y]. The molecule has 0 saturated heterocycles. The zero-order chi connectivity index (χ0) is 9.10. The van der Waals surface area contributed by atoms with Crippen LogP contribution in [-0.2, 0) is 39.3 Å². The van der Waals surface area contributed by atoms with E-state index in [9.17, 15) is 0 Å². The predicted octanol–water partition coefficient (Wildman–Crippen LogP) is 2.90. The van der Waals surface area contributed by atoms with Gasteiger partial charge in [0, 0.05) is 44.2 Å². The van der Waals surface area contributed by atoms with Crippen molar-refractivity contribution in [1.29, 1.82) is 0 Å². The van der Waals surface area contributed by atoms with Crippen molar-refractivity contribution in [3.63, 3.8) is 0 Å². The molecule has 1 aromatic carbocycles. The molecule has 0 N–H and O–H groups in total. The van der Waals surface area contributed by atoms with E-state index in [2.05, 4.69) is 20.5 Å². The molecule has 0 bridgehead atoms. The van der Waals surface area contributed by atoms with E-state index in [4.69, 9.17) is 5.53 Å². The third kappa shape index (κ3) is 2.52. The van der Waals surface area contributed by atoms with Gasteiger partial charge in [-0.3, -0.25) is 11.3 Å². The molecule has 0 fully saturated rings. The van der Waals surface area contributed by atoms with Crippen molar-refractivity contribution in [3.05, 3.63) is 39.7 Å². The van der Waals surface area contributed by atoms with Crippen LogP contribution in [0.2, 0.25) is 0 Å². The molecule has 14 heavy (non-hydrogen) atoms. The van der Waals surface area contributed by atoms with Gasteiger partial charge in [-0.15, -0.1) is 12.1 Å². The van der Waals surface area contributed by atoms with Crippen molar-refractivity contribution in [2.45, 2.75) is 6.54 Å². The summed E-state index contributed by atoms with van der Waals surface area (Å²) in [6, 6.07) is 5.79. The summed E-state index contributed by atoms with van der Waals surface area (Å²) in [4.78, 5) is 6.73. The van der Waals surface area contributed by atoms with Crippen LogP contribution in [0.5, 0.6) is 0 Å². The minimum Gasteiger partial charge on any atom is -0.386 e. The maximum absolute atomic E-state index is 8.14. The molecule has 6 heteroatoms. The first-order valence-electron chi connectivity index (χ1n) is 3.66. The first kappa shape index (κ1) is 11.6. The number of azide groups is 1. The average Bonchev–Trinajstić information content (AvgIpc) is 2.61. The second-order valence-corrected chi connectivity index (χ2v) is 3.32. The Bertz CT molecular complexity index is 475. The molecule has 2 aromatic rings. The van der Waals surface area contributed by atoms with Crippen molar-refractivity contribution in [1.82, 2.24) is 4.98 Å². The van der Waals surface area contributed by atoms with Gasteiger partial charge in [0.05, 0.1) is 0 Å². The monoisotopic (exact) mass is 278 g/mol. The molecule has 0 aliphatic rings. The van der Waals surface area contributed by atoms with Gasteiger partial charge in [0.25, 0.3) is 0 Å². The summed E-state index contributed by atoms with van der Waals surface area (Å²) in [5, 5.41) is 3.49. The van der Waals surface area contributed by atoms with Crippen LogP contribution in [0.3, 0.4) is 0 Å². The van der Waals surface area contributed by atoms with Crippen molar-refractivity contribution in [3.8, 4) is 0 Å². The van der Waals surface area contributed by atoms with Gasteiger partial charge in [-0.2, -0.15) is 0 Å². The number of thiazole rings is 1. The Morgan fingerprint density at radius 1 is 1.57 bits per heavy atom. The molecule has 0 saturated carbocycles. The van der Waals surface area contributed by atoms with Crippen molar-refractivity contribution in [2.75, 3.05) is 0 Å². The van der Waals surface area contributed by atoms with E-state index in [1.807, 2.05) is 18.2 Å². The minimum absolute atomic E-state index is 0. The average molecular weight is 278 g/mol. The summed E-state index contributed by atoms with van der Waals surface area (Å²) in [6.07, 6.45) is 0. The van der Waals surface area contributed by atoms with Gasteiger partial charge in [0.2, 0.25) is 0 Å². The molecule has 0 atom stereocenters. The summed E-state index contributed by atoms with van der Waals surface area (Å²) in [5.74, 6) is 0. The molecule has 0 aliphatic heterocycles. The molecular formula is C8H5N4SY-. The molecule has 0 spiro atoms. The second-order valence-electron chi connectivity index (χ2n) is 2.50. The normalized spacial score (nSPS) is 9.14. The van der Waals surface area contributed by atoms with Crippen LogP contribution in [0.1, 0.15) is 5.56 Å². The van der Waals surface area contributed by atoms with Gasteiger partial charge in [-0.25, -0.2) is 0 Å². The van der Waals surface area contributed by atoms with E-state index in [1.54, 1.807) is 0 Å². The molecule has 0 aliphatic carbocycles. The summed E-state index contributed by atoms with van der Waals surface area (Å²) < 4.78 is 1.07. The van der Waals surface area contributed by atoms with Crippen LogP contribution < -0.4 is 0 Å². The summed E-state index contributed by atoms with van der Waals surface area (Å²) >= 11 is 1.46. The standard InChI is InChI=1S/C8H5N4S.Y/c9-12-11-4-6-1-2-7-8(3-6)13-5-10-7;/h1-3H,4H2;/q-1;. The van der Waals surface area contributed by atoms with Gasteiger partial charge in [-0.1, -0.05) is 27.0 Å². The Balaban J connectivity index is 0.000000980. The largest absolute Gasteiger partial charge is 0.386 e. The van der Waals surface area contributed by atoms with Crippen LogP contribution in [0.25, 0.3) is 20.7 Å². The molecule has 1 aromatic heterocycles. The number of hydrogen-bond acceptors (Lipinski definition) is 3. The zero-order valence-electron chi connectivity index (χ0n) is 7.21. The van der Waals surface area contributed by atoms with Crippen molar-refractivity contribution >= 4 is 21.6 Å². The molecule has 1 radical (unpaired) electrons. The van der Waals surface area contributed by atoms with Crippen LogP contribution >= 0.6 is 11.3 Å². The van der Waals surface area contributed by atoms with Crippen LogP contribution in [-0.4, -0.2) is 4.98 Å². The molecule has 0 unspecified atom stereocenters. The Kier molecular flexibility index (Phi) is 4.49. The predicted molar refractivity (Wildman–Crippen MR) is 51.3 cm³/mol. The van der Waals surface area contributed by atoms with Crippen LogP contribution in [0.15, 0.2) is 23.3 Å². The van der Waals surface area contributed by atoms with E-state index in [1.165, 1.54) is 11.3 Å². The topological polar surface area (TPSA) is 61.7 Å².